The molecule has 0 spiro atoms. The number of benzene rings is 1. The van der Waals surface area contributed by atoms with Crippen LogP contribution in [-0.2, 0) is 16.6 Å². The molecule has 3 nitrogen and oxygen atoms in total. The molecular formula is C14H18O3. The molecular weight excluding hydrogens is 216 g/mol. The summed E-state index contributed by atoms with van der Waals surface area (Å²) in [6.45, 7) is 4.23. The van der Waals surface area contributed by atoms with Crippen LogP contribution in [-0.4, -0.2) is 24.3 Å². The molecule has 17 heavy (non-hydrogen) atoms. The van der Waals surface area contributed by atoms with Gasteiger partial charge >= 0.3 is 5.97 Å². The van der Waals surface area contributed by atoms with Crippen LogP contribution >= 0.6 is 0 Å². The monoisotopic (exact) mass is 234 g/mol. The van der Waals surface area contributed by atoms with Gasteiger partial charge in [-0.3, -0.25) is 0 Å². The molecule has 92 valence electrons. The van der Waals surface area contributed by atoms with Crippen LogP contribution in [0.1, 0.15) is 41.8 Å². The first kappa shape index (κ1) is 12.1. The quantitative estimate of drug-likeness (QED) is 0.756. The van der Waals surface area contributed by atoms with Gasteiger partial charge in [-0.25, -0.2) is 4.79 Å². The van der Waals surface area contributed by atoms with Gasteiger partial charge in [-0.2, -0.15) is 0 Å². The minimum atomic E-state index is -0.328. The summed E-state index contributed by atoms with van der Waals surface area (Å²) in [5, 5.41) is 9.86. The van der Waals surface area contributed by atoms with Crippen molar-refractivity contribution < 1.29 is 14.6 Å². The molecule has 0 aromatic heterocycles. The zero-order valence-corrected chi connectivity index (χ0v) is 10.5. The fraction of sp³-hybridized carbons (Fsp3) is 0.500. The van der Waals surface area contributed by atoms with Gasteiger partial charge in [0.2, 0.25) is 0 Å². The van der Waals surface area contributed by atoms with E-state index in [1.54, 1.807) is 6.07 Å². The molecule has 0 fully saturated rings. The third-order valence-corrected chi connectivity index (χ3v) is 3.46. The maximum Gasteiger partial charge on any atom is 0.337 e. The average Bonchev–Trinajstić information content (AvgIpc) is 2.25. The second-order valence-corrected chi connectivity index (χ2v) is 5.31. The topological polar surface area (TPSA) is 46.5 Å². The van der Waals surface area contributed by atoms with E-state index in [1.807, 2.05) is 12.1 Å². The van der Waals surface area contributed by atoms with Crippen LogP contribution in [0, 0.1) is 0 Å². The average molecular weight is 234 g/mol. The van der Waals surface area contributed by atoms with Gasteiger partial charge in [-0.1, -0.05) is 19.9 Å². The van der Waals surface area contributed by atoms with Crippen molar-refractivity contribution in [3.63, 3.8) is 0 Å². The van der Waals surface area contributed by atoms with Crippen LogP contribution in [0.2, 0.25) is 0 Å². The Morgan fingerprint density at radius 2 is 2.18 bits per heavy atom. The Kier molecular flexibility index (Phi) is 2.96. The van der Waals surface area contributed by atoms with Crippen LogP contribution in [0.15, 0.2) is 18.2 Å². The Balaban J connectivity index is 2.45. The summed E-state index contributed by atoms with van der Waals surface area (Å²) >= 11 is 0. The van der Waals surface area contributed by atoms with E-state index in [4.69, 9.17) is 4.74 Å². The van der Waals surface area contributed by atoms with E-state index >= 15 is 0 Å². The lowest BCUT2D eigenvalue weighted by Crippen LogP contribution is -2.32. The van der Waals surface area contributed by atoms with Crippen LogP contribution < -0.4 is 0 Å². The normalized spacial score (nSPS) is 21.8. The molecule has 0 heterocycles. The van der Waals surface area contributed by atoms with Crippen molar-refractivity contribution in [3.05, 3.63) is 34.9 Å². The van der Waals surface area contributed by atoms with Gasteiger partial charge in [-0.15, -0.1) is 0 Å². The summed E-state index contributed by atoms with van der Waals surface area (Å²) in [7, 11) is 1.38. The summed E-state index contributed by atoms with van der Waals surface area (Å²) in [5.74, 6) is -0.328. The summed E-state index contributed by atoms with van der Waals surface area (Å²) in [6.07, 6.45) is 1.05. The molecule has 2 rings (SSSR count). The molecule has 1 aromatic carbocycles. The molecule has 1 unspecified atom stereocenters. The number of carbonyl (C=O) groups excluding carboxylic acids is 1. The smallest absolute Gasteiger partial charge is 0.337 e. The molecule has 1 atom stereocenters. The summed E-state index contributed by atoms with van der Waals surface area (Å²) in [6, 6.07) is 5.61. The molecule has 1 aliphatic rings. The Hall–Kier alpha value is -1.35. The lowest BCUT2D eigenvalue weighted by atomic mass is 9.71. The highest BCUT2D eigenvalue weighted by Crippen LogP contribution is 2.37. The van der Waals surface area contributed by atoms with Crippen LogP contribution in [0.3, 0.4) is 0 Å². The zero-order valence-electron chi connectivity index (χ0n) is 10.5. The molecule has 0 aliphatic heterocycles. The largest absolute Gasteiger partial charge is 0.465 e. The van der Waals surface area contributed by atoms with E-state index in [0.717, 1.165) is 12.0 Å². The van der Waals surface area contributed by atoms with Crippen molar-refractivity contribution in [2.24, 2.45) is 0 Å². The molecule has 3 heteroatoms. The Morgan fingerprint density at radius 1 is 1.47 bits per heavy atom. The number of ether oxygens (including phenoxy) is 1. The van der Waals surface area contributed by atoms with E-state index in [0.29, 0.717) is 12.0 Å². The van der Waals surface area contributed by atoms with E-state index in [-0.39, 0.29) is 17.5 Å². The predicted octanol–water partition coefficient (Wildman–Crippen LogP) is 2.06. The number of esters is 1. The molecule has 1 aromatic rings. The fourth-order valence-electron chi connectivity index (χ4n) is 2.69. The number of fused-ring (bicyclic) bond motifs is 1. The second-order valence-electron chi connectivity index (χ2n) is 5.31. The number of methoxy groups -OCH3 is 1. The summed E-state index contributed by atoms with van der Waals surface area (Å²) in [5.41, 5.74) is 2.78. The van der Waals surface area contributed by atoms with Gasteiger partial charge in [0.05, 0.1) is 18.8 Å². The van der Waals surface area contributed by atoms with Crippen molar-refractivity contribution >= 4 is 5.97 Å². The number of carbonyl (C=O) groups is 1. The van der Waals surface area contributed by atoms with Gasteiger partial charge in [0.25, 0.3) is 0 Å². The van der Waals surface area contributed by atoms with Crippen molar-refractivity contribution in [2.45, 2.75) is 38.2 Å². The standard InChI is InChI=1S/C14H18O3/c1-14(2)8-11(15)7-10-6-9(13(16)17-3)4-5-12(10)14/h4-6,11,15H,7-8H2,1-3H3. The van der Waals surface area contributed by atoms with E-state index < -0.39 is 0 Å². The first-order valence-electron chi connectivity index (χ1n) is 5.84. The fourth-order valence-corrected chi connectivity index (χ4v) is 2.69. The molecule has 1 N–H and O–H groups in total. The van der Waals surface area contributed by atoms with Gasteiger partial charge < -0.3 is 9.84 Å². The highest BCUT2D eigenvalue weighted by Gasteiger charge is 2.32. The Bertz CT molecular complexity index is 449. The first-order valence-corrected chi connectivity index (χ1v) is 5.84. The molecule has 1 aliphatic carbocycles. The van der Waals surface area contributed by atoms with Gasteiger partial charge in [-0.05, 0) is 41.5 Å². The molecule has 0 radical (unpaired) electrons. The zero-order chi connectivity index (χ0) is 12.6. The van der Waals surface area contributed by atoms with Crippen molar-refractivity contribution in [1.82, 2.24) is 0 Å². The van der Waals surface area contributed by atoms with Crippen LogP contribution in [0.4, 0.5) is 0 Å². The number of hydrogen-bond acceptors (Lipinski definition) is 3. The molecule has 0 bridgehead atoms. The van der Waals surface area contributed by atoms with Crippen LogP contribution in [0.25, 0.3) is 0 Å². The van der Waals surface area contributed by atoms with Gasteiger partial charge in [0, 0.05) is 0 Å². The van der Waals surface area contributed by atoms with Gasteiger partial charge in [0.1, 0.15) is 0 Å². The highest BCUT2D eigenvalue weighted by molar-refractivity contribution is 5.89. The molecule has 0 amide bonds. The molecule has 0 saturated heterocycles. The number of aliphatic hydroxyl groups is 1. The predicted molar refractivity (Wildman–Crippen MR) is 65.1 cm³/mol. The third kappa shape index (κ3) is 2.20. The summed E-state index contributed by atoms with van der Waals surface area (Å²) in [4.78, 5) is 11.5. The van der Waals surface area contributed by atoms with E-state index in [2.05, 4.69) is 13.8 Å². The Labute approximate surface area is 101 Å². The highest BCUT2D eigenvalue weighted by atomic mass is 16.5. The van der Waals surface area contributed by atoms with Crippen LogP contribution in [0.5, 0.6) is 0 Å². The minimum absolute atomic E-state index is 0.0400. The van der Waals surface area contributed by atoms with Crippen molar-refractivity contribution in [2.75, 3.05) is 7.11 Å². The molecule has 0 saturated carbocycles. The number of aliphatic hydroxyl groups excluding tert-OH is 1. The summed E-state index contributed by atoms with van der Waals surface area (Å²) < 4.78 is 4.70. The minimum Gasteiger partial charge on any atom is -0.465 e. The van der Waals surface area contributed by atoms with E-state index in [1.165, 1.54) is 12.7 Å². The maximum atomic E-state index is 11.5. The third-order valence-electron chi connectivity index (χ3n) is 3.46. The SMILES string of the molecule is COC(=O)c1ccc2c(c1)CC(O)CC2(C)C. The second kappa shape index (κ2) is 4.15. The Morgan fingerprint density at radius 3 is 2.82 bits per heavy atom. The van der Waals surface area contributed by atoms with Crippen molar-refractivity contribution in [1.29, 1.82) is 0 Å². The maximum absolute atomic E-state index is 11.5. The lowest BCUT2D eigenvalue weighted by molar-refractivity contribution is 0.0599. The first-order chi connectivity index (χ1) is 7.94. The van der Waals surface area contributed by atoms with Crippen molar-refractivity contribution in [3.8, 4) is 0 Å². The number of rotatable bonds is 1. The van der Waals surface area contributed by atoms with E-state index in [9.17, 15) is 9.90 Å². The van der Waals surface area contributed by atoms with Gasteiger partial charge in [0.15, 0.2) is 0 Å². The number of hydrogen-bond donors (Lipinski definition) is 1. The lowest BCUT2D eigenvalue weighted by Gasteiger charge is -2.35.